The molecule has 0 fully saturated rings. The quantitative estimate of drug-likeness (QED) is 0.303. The summed E-state index contributed by atoms with van der Waals surface area (Å²) in [4.78, 5) is 0. The van der Waals surface area contributed by atoms with Crippen molar-refractivity contribution in [1.82, 2.24) is 0 Å². The van der Waals surface area contributed by atoms with Gasteiger partial charge in [-0.1, -0.05) is 96.0 Å². The second kappa shape index (κ2) is 19.7. The lowest BCUT2D eigenvalue weighted by Gasteiger charge is -2.38. The highest BCUT2D eigenvalue weighted by atomic mass is 35.5. The number of nitrogens with zero attached hydrogens (tertiary/aromatic N) is 1. The van der Waals surface area contributed by atoms with Gasteiger partial charge >= 0.3 is 0 Å². The van der Waals surface area contributed by atoms with Crippen molar-refractivity contribution in [3.05, 3.63) is 35.9 Å². The lowest BCUT2D eigenvalue weighted by Crippen LogP contribution is -3.00. The molecule has 166 valence electrons. The Hall–Kier alpha value is -0.610. The maximum Gasteiger partial charge on any atom is 0.104 e. The van der Waals surface area contributed by atoms with Gasteiger partial charge in [-0.15, -0.1) is 0 Å². The Labute approximate surface area is 181 Å². The molecule has 0 atom stereocenters. The molecule has 0 aliphatic rings. The number of benzene rings is 1. The van der Waals surface area contributed by atoms with Gasteiger partial charge in [-0.2, -0.15) is 0 Å². The van der Waals surface area contributed by atoms with Gasteiger partial charge in [0.25, 0.3) is 0 Å². The summed E-state index contributed by atoms with van der Waals surface area (Å²) in [5, 5.41) is 19.1. The van der Waals surface area contributed by atoms with Crippen LogP contribution < -0.4 is 12.4 Å². The monoisotopic (exact) mass is 415 g/mol. The van der Waals surface area contributed by atoms with Gasteiger partial charge in [0.05, 0.1) is 19.8 Å². The summed E-state index contributed by atoms with van der Waals surface area (Å²) in [6.07, 6.45) is 13.4. The summed E-state index contributed by atoms with van der Waals surface area (Å²) in [6.45, 7) is 6.05. The molecule has 0 heterocycles. The molecule has 0 saturated carbocycles. The fourth-order valence-electron chi connectivity index (χ4n) is 3.90. The number of aliphatic hydroxyl groups is 2. The summed E-state index contributed by atoms with van der Waals surface area (Å²) in [5.74, 6) is 0. The predicted molar refractivity (Wildman–Crippen MR) is 118 cm³/mol. The van der Waals surface area contributed by atoms with Crippen LogP contribution in [0.2, 0.25) is 0 Å². The first-order valence-electron chi connectivity index (χ1n) is 10.9. The molecular weight excluding hydrogens is 370 g/mol. The third-order valence-corrected chi connectivity index (χ3v) is 5.50. The Kier molecular flexibility index (Phi) is 20.8. The molecule has 1 aromatic rings. The fourth-order valence-corrected chi connectivity index (χ4v) is 3.90. The van der Waals surface area contributed by atoms with Crippen LogP contribution in [0.5, 0.6) is 0 Å². The average molecular weight is 416 g/mol. The zero-order valence-electron chi connectivity index (χ0n) is 17.4. The van der Waals surface area contributed by atoms with Crippen molar-refractivity contribution in [2.24, 2.45) is 0 Å². The largest absolute Gasteiger partial charge is 1.00 e. The van der Waals surface area contributed by atoms with Crippen molar-refractivity contribution in [2.75, 3.05) is 32.8 Å². The lowest BCUT2D eigenvalue weighted by molar-refractivity contribution is -0.941. The number of unbranched alkanes of at least 4 members (excludes halogenated alkanes) is 9. The molecule has 0 bridgehead atoms. The van der Waals surface area contributed by atoms with Crippen molar-refractivity contribution in [3.63, 3.8) is 0 Å². The van der Waals surface area contributed by atoms with E-state index >= 15 is 0 Å². The first-order valence-corrected chi connectivity index (χ1v) is 10.9. The molecule has 0 aliphatic carbocycles. The van der Waals surface area contributed by atoms with Crippen LogP contribution >= 0.6 is 0 Å². The molecule has 0 unspecified atom stereocenters. The standard InChI is InChI=1S/C23H42NO2.CH4.ClH/c1-2-3-4-5-6-7-8-9-10-14-17-24(18-20-25,19-21-26)22-23-15-12-11-13-16-23;;/h11-13,15-16,25-26H,2-10,14,17-22H2,1H3;1H4;1H/q+1;;/p-1. The fraction of sp³-hybridized carbons (Fsp3) is 0.750. The Morgan fingerprint density at radius 1 is 0.679 bits per heavy atom. The Bertz CT molecular complexity index is 422. The highest BCUT2D eigenvalue weighted by Gasteiger charge is 2.26. The average Bonchev–Trinajstić information content (AvgIpc) is 2.64. The molecule has 28 heavy (non-hydrogen) atoms. The molecule has 3 nitrogen and oxygen atoms in total. The Morgan fingerprint density at radius 2 is 1.14 bits per heavy atom. The number of halogens is 1. The van der Waals surface area contributed by atoms with E-state index in [0.717, 1.165) is 30.7 Å². The van der Waals surface area contributed by atoms with Crippen molar-refractivity contribution in [1.29, 1.82) is 0 Å². The Morgan fingerprint density at radius 3 is 1.61 bits per heavy atom. The molecule has 4 heteroatoms. The van der Waals surface area contributed by atoms with E-state index in [2.05, 4.69) is 31.2 Å². The summed E-state index contributed by atoms with van der Waals surface area (Å²) >= 11 is 0. The van der Waals surface area contributed by atoms with Crippen LogP contribution in [0, 0.1) is 0 Å². The Balaban J connectivity index is 0. The van der Waals surface area contributed by atoms with Crippen LogP contribution in [0.4, 0.5) is 0 Å². The van der Waals surface area contributed by atoms with Gasteiger partial charge in [-0.3, -0.25) is 0 Å². The van der Waals surface area contributed by atoms with Crippen molar-refractivity contribution in [3.8, 4) is 0 Å². The molecule has 1 rings (SSSR count). The van der Waals surface area contributed by atoms with Crippen LogP contribution in [-0.2, 0) is 6.54 Å². The number of quaternary nitrogens is 1. The minimum absolute atomic E-state index is 0. The first kappa shape index (κ1) is 29.6. The number of aliphatic hydroxyl groups excluding tert-OH is 2. The van der Waals surface area contributed by atoms with Crippen LogP contribution in [0.1, 0.15) is 84.1 Å². The van der Waals surface area contributed by atoms with Crippen molar-refractivity contribution in [2.45, 2.75) is 85.1 Å². The van der Waals surface area contributed by atoms with Gasteiger partial charge in [0, 0.05) is 5.56 Å². The number of rotatable bonds is 17. The maximum absolute atomic E-state index is 9.57. The van der Waals surface area contributed by atoms with Crippen LogP contribution in [0.3, 0.4) is 0 Å². The molecule has 0 radical (unpaired) electrons. The third-order valence-electron chi connectivity index (χ3n) is 5.50. The van der Waals surface area contributed by atoms with Gasteiger partial charge < -0.3 is 27.1 Å². The third kappa shape index (κ3) is 13.5. The van der Waals surface area contributed by atoms with Crippen LogP contribution in [0.15, 0.2) is 30.3 Å². The van der Waals surface area contributed by atoms with Crippen molar-refractivity contribution >= 4 is 0 Å². The highest BCUT2D eigenvalue weighted by molar-refractivity contribution is 5.13. The maximum atomic E-state index is 9.57. The minimum atomic E-state index is 0. The van der Waals surface area contributed by atoms with E-state index in [1.54, 1.807) is 0 Å². The van der Waals surface area contributed by atoms with E-state index in [9.17, 15) is 10.2 Å². The summed E-state index contributed by atoms with van der Waals surface area (Å²) < 4.78 is 0.800. The molecule has 0 aromatic heterocycles. The number of hydrogen-bond acceptors (Lipinski definition) is 2. The highest BCUT2D eigenvalue weighted by Crippen LogP contribution is 2.18. The summed E-state index contributed by atoms with van der Waals surface area (Å²) in [6, 6.07) is 10.5. The van der Waals surface area contributed by atoms with Crippen LogP contribution in [0.25, 0.3) is 0 Å². The molecule has 1 aromatic carbocycles. The molecular formula is C24H46ClNO2. The molecule has 0 amide bonds. The van der Waals surface area contributed by atoms with E-state index in [-0.39, 0.29) is 33.0 Å². The van der Waals surface area contributed by atoms with E-state index in [4.69, 9.17) is 0 Å². The SMILES string of the molecule is C.CCCCCCCCCCCC[N+](CCO)(CCO)Cc1ccccc1.[Cl-]. The molecule has 0 aliphatic heterocycles. The van der Waals surface area contributed by atoms with E-state index in [1.807, 2.05) is 6.07 Å². The predicted octanol–water partition coefficient (Wildman–Crippen LogP) is 2.55. The zero-order valence-corrected chi connectivity index (χ0v) is 18.2. The lowest BCUT2D eigenvalue weighted by atomic mass is 10.1. The van der Waals surface area contributed by atoms with Gasteiger partial charge in [-0.05, 0) is 12.8 Å². The van der Waals surface area contributed by atoms with Crippen molar-refractivity contribution < 1.29 is 27.1 Å². The van der Waals surface area contributed by atoms with Gasteiger partial charge in [0.15, 0.2) is 0 Å². The molecule has 0 saturated heterocycles. The number of hydrogen-bond donors (Lipinski definition) is 2. The second-order valence-electron chi connectivity index (χ2n) is 7.79. The molecule has 2 N–H and O–H groups in total. The zero-order chi connectivity index (χ0) is 18.9. The summed E-state index contributed by atoms with van der Waals surface area (Å²) in [5.41, 5.74) is 1.29. The minimum Gasteiger partial charge on any atom is -1.00 e. The normalized spacial score (nSPS) is 11.0. The van der Waals surface area contributed by atoms with E-state index in [1.165, 1.54) is 69.8 Å². The van der Waals surface area contributed by atoms with Gasteiger partial charge in [-0.25, -0.2) is 0 Å². The van der Waals surface area contributed by atoms with Gasteiger partial charge in [0.2, 0.25) is 0 Å². The smallest absolute Gasteiger partial charge is 0.104 e. The van der Waals surface area contributed by atoms with E-state index < -0.39 is 0 Å². The molecule has 0 spiro atoms. The van der Waals surface area contributed by atoms with E-state index in [0.29, 0.717) is 0 Å². The summed E-state index contributed by atoms with van der Waals surface area (Å²) in [7, 11) is 0. The topological polar surface area (TPSA) is 40.5 Å². The second-order valence-corrected chi connectivity index (χ2v) is 7.79. The first-order chi connectivity index (χ1) is 12.8. The van der Waals surface area contributed by atoms with Crippen LogP contribution in [-0.4, -0.2) is 47.5 Å². The van der Waals surface area contributed by atoms with Gasteiger partial charge in [0.1, 0.15) is 19.6 Å².